The molecule has 1 heteroatoms. The van der Waals surface area contributed by atoms with Gasteiger partial charge < -0.3 is 0 Å². The monoisotopic (exact) mass is 532 g/mol. The number of halogens is 1. The predicted molar refractivity (Wildman–Crippen MR) is 172 cm³/mol. The van der Waals surface area contributed by atoms with Crippen LogP contribution in [0.3, 0.4) is 0 Å². The van der Waals surface area contributed by atoms with Crippen molar-refractivity contribution < 1.29 is 4.39 Å². The molecule has 0 atom stereocenters. The van der Waals surface area contributed by atoms with Gasteiger partial charge in [-0.1, -0.05) is 127 Å². The minimum Gasteiger partial charge on any atom is -0.207 e. The third kappa shape index (κ3) is 5.90. The number of benzene rings is 6. The average Bonchev–Trinajstić information content (AvgIpc) is 2.99. The van der Waals surface area contributed by atoms with E-state index in [0.29, 0.717) is 0 Å². The molecule has 0 spiro atoms. The number of rotatable bonds is 6. The Bertz CT molecular complexity index is 1650. The van der Waals surface area contributed by atoms with Crippen LogP contribution in [0.5, 0.6) is 0 Å². The molecule has 0 N–H and O–H groups in total. The van der Waals surface area contributed by atoms with Crippen molar-refractivity contribution in [3.8, 4) is 44.5 Å². The highest BCUT2D eigenvalue weighted by molar-refractivity contribution is 5.75. The molecule has 0 unspecified atom stereocenters. The summed E-state index contributed by atoms with van der Waals surface area (Å²) in [7, 11) is 0. The van der Waals surface area contributed by atoms with E-state index in [1.165, 1.54) is 73.3 Å². The van der Waals surface area contributed by atoms with Crippen LogP contribution in [0.4, 0.5) is 4.39 Å². The maximum Gasteiger partial charge on any atom is 0.123 e. The lowest BCUT2D eigenvalue weighted by molar-refractivity contribution is 0.628. The largest absolute Gasteiger partial charge is 0.207 e. The highest BCUT2D eigenvalue weighted by Gasteiger charge is 2.08. The third-order valence-electron chi connectivity index (χ3n) is 7.95. The van der Waals surface area contributed by atoms with Crippen molar-refractivity contribution >= 4 is 0 Å². The van der Waals surface area contributed by atoms with Crippen molar-refractivity contribution in [2.24, 2.45) is 0 Å². The fourth-order valence-corrected chi connectivity index (χ4v) is 5.56. The molecule has 0 aliphatic carbocycles. The SMILES string of the molecule is Cc1ccc(-c2ccc(-c3ccc(Cc4ccc(-c5ccc(-c6ccc(F)cc6)c(C)c5)cc4)cc3)cc2C)cc1. The van der Waals surface area contributed by atoms with Gasteiger partial charge in [0, 0.05) is 0 Å². The predicted octanol–water partition coefficient (Wildman–Crippen LogP) is 11.0. The van der Waals surface area contributed by atoms with E-state index >= 15 is 0 Å². The quantitative estimate of drug-likeness (QED) is 0.200. The summed E-state index contributed by atoms with van der Waals surface area (Å²) >= 11 is 0. The van der Waals surface area contributed by atoms with Crippen molar-refractivity contribution in [3.63, 3.8) is 0 Å². The summed E-state index contributed by atoms with van der Waals surface area (Å²) in [5.74, 6) is -0.210. The Labute approximate surface area is 242 Å². The lowest BCUT2D eigenvalue weighted by Crippen LogP contribution is -1.90. The number of hydrogen-bond acceptors (Lipinski definition) is 0. The van der Waals surface area contributed by atoms with Crippen LogP contribution < -0.4 is 0 Å². The van der Waals surface area contributed by atoms with E-state index in [-0.39, 0.29) is 5.82 Å². The standard InChI is InChI=1S/C40H33F/c1-27-4-10-34(11-5-27)39-22-18-36(24-28(39)2)32-12-6-30(7-13-32)26-31-8-14-33(15-9-31)37-19-23-40(29(3)25-37)35-16-20-38(41)21-17-35/h4-25H,26H2,1-3H3. The van der Waals surface area contributed by atoms with Crippen molar-refractivity contribution in [2.45, 2.75) is 27.2 Å². The molecule has 6 rings (SSSR count). The summed E-state index contributed by atoms with van der Waals surface area (Å²) in [6.07, 6.45) is 0.897. The fraction of sp³-hybridized carbons (Fsp3) is 0.100. The summed E-state index contributed by atoms with van der Waals surface area (Å²) in [5.41, 5.74) is 15.9. The summed E-state index contributed by atoms with van der Waals surface area (Å²) in [6.45, 7) is 6.43. The summed E-state index contributed by atoms with van der Waals surface area (Å²) < 4.78 is 13.3. The van der Waals surface area contributed by atoms with E-state index in [0.717, 1.165) is 17.5 Å². The molecule has 6 aromatic rings. The zero-order valence-corrected chi connectivity index (χ0v) is 23.8. The van der Waals surface area contributed by atoms with Crippen molar-refractivity contribution in [1.29, 1.82) is 0 Å². The first kappa shape index (κ1) is 26.5. The second-order valence-corrected chi connectivity index (χ2v) is 11.0. The second-order valence-electron chi connectivity index (χ2n) is 11.0. The van der Waals surface area contributed by atoms with E-state index in [1.807, 2.05) is 12.1 Å². The highest BCUT2D eigenvalue weighted by Crippen LogP contribution is 2.31. The maximum absolute atomic E-state index is 13.3. The molecule has 0 radical (unpaired) electrons. The first-order valence-corrected chi connectivity index (χ1v) is 14.2. The summed E-state index contributed by atoms with van der Waals surface area (Å²) in [4.78, 5) is 0. The Balaban J connectivity index is 1.14. The second kappa shape index (κ2) is 11.4. The molecule has 6 aromatic carbocycles. The molecule has 0 saturated heterocycles. The first-order chi connectivity index (χ1) is 19.9. The molecule has 200 valence electrons. The van der Waals surface area contributed by atoms with Crippen LogP contribution in [-0.4, -0.2) is 0 Å². The van der Waals surface area contributed by atoms with Crippen LogP contribution in [0.25, 0.3) is 44.5 Å². The van der Waals surface area contributed by atoms with Gasteiger partial charge >= 0.3 is 0 Å². The van der Waals surface area contributed by atoms with Gasteiger partial charge in [0.25, 0.3) is 0 Å². The Morgan fingerprint density at radius 1 is 0.390 bits per heavy atom. The fourth-order valence-electron chi connectivity index (χ4n) is 5.56. The Morgan fingerprint density at radius 2 is 0.756 bits per heavy atom. The molecule has 0 aliphatic heterocycles. The van der Waals surface area contributed by atoms with Crippen LogP contribution in [0, 0.1) is 26.6 Å². The smallest absolute Gasteiger partial charge is 0.123 e. The molecule has 0 amide bonds. The molecule has 0 saturated carbocycles. The van der Waals surface area contributed by atoms with Crippen molar-refractivity contribution in [1.82, 2.24) is 0 Å². The average molecular weight is 533 g/mol. The van der Waals surface area contributed by atoms with Gasteiger partial charge in [0.05, 0.1) is 0 Å². The topological polar surface area (TPSA) is 0 Å². The van der Waals surface area contributed by atoms with Gasteiger partial charge in [0.2, 0.25) is 0 Å². The zero-order valence-electron chi connectivity index (χ0n) is 23.8. The van der Waals surface area contributed by atoms with Gasteiger partial charge in [-0.2, -0.15) is 0 Å². The van der Waals surface area contributed by atoms with Crippen LogP contribution in [0.2, 0.25) is 0 Å². The van der Waals surface area contributed by atoms with Gasteiger partial charge in [-0.25, -0.2) is 4.39 Å². The van der Waals surface area contributed by atoms with E-state index in [1.54, 1.807) is 0 Å². The van der Waals surface area contributed by atoms with E-state index < -0.39 is 0 Å². The van der Waals surface area contributed by atoms with Crippen molar-refractivity contribution in [3.05, 3.63) is 167 Å². The summed E-state index contributed by atoms with van der Waals surface area (Å²) in [5, 5.41) is 0. The highest BCUT2D eigenvalue weighted by atomic mass is 19.1. The first-order valence-electron chi connectivity index (χ1n) is 14.2. The Kier molecular flexibility index (Phi) is 7.35. The number of hydrogen-bond donors (Lipinski definition) is 0. The van der Waals surface area contributed by atoms with Gasteiger partial charge in [-0.05, 0) is 106 Å². The Morgan fingerprint density at radius 3 is 1.17 bits per heavy atom. The minimum atomic E-state index is -0.210. The van der Waals surface area contributed by atoms with Gasteiger partial charge in [-0.3, -0.25) is 0 Å². The van der Waals surface area contributed by atoms with E-state index in [2.05, 4.69) is 130 Å². The lowest BCUT2D eigenvalue weighted by Gasteiger charge is -2.11. The van der Waals surface area contributed by atoms with Crippen LogP contribution >= 0.6 is 0 Å². The molecule has 0 fully saturated rings. The third-order valence-corrected chi connectivity index (χ3v) is 7.95. The van der Waals surface area contributed by atoms with E-state index in [4.69, 9.17) is 0 Å². The normalized spacial score (nSPS) is 11.0. The molecular formula is C40H33F. The molecule has 0 nitrogen and oxygen atoms in total. The summed E-state index contributed by atoms with van der Waals surface area (Å²) in [6, 6.07) is 46.5. The molecule has 0 heterocycles. The van der Waals surface area contributed by atoms with Gasteiger partial charge in [-0.15, -0.1) is 0 Å². The molecule has 0 aliphatic rings. The minimum absolute atomic E-state index is 0.210. The molecule has 0 bridgehead atoms. The van der Waals surface area contributed by atoms with Crippen LogP contribution in [-0.2, 0) is 6.42 Å². The van der Waals surface area contributed by atoms with Gasteiger partial charge in [0.1, 0.15) is 5.82 Å². The van der Waals surface area contributed by atoms with Crippen LogP contribution in [0.1, 0.15) is 27.8 Å². The van der Waals surface area contributed by atoms with Crippen LogP contribution in [0.15, 0.2) is 133 Å². The maximum atomic E-state index is 13.3. The van der Waals surface area contributed by atoms with Crippen molar-refractivity contribution in [2.75, 3.05) is 0 Å². The zero-order chi connectivity index (χ0) is 28.3. The Hall–Kier alpha value is -4.75. The number of aryl methyl sites for hydroxylation is 3. The lowest BCUT2D eigenvalue weighted by atomic mass is 9.94. The molecule has 41 heavy (non-hydrogen) atoms. The van der Waals surface area contributed by atoms with Gasteiger partial charge in [0.15, 0.2) is 0 Å². The molecular weight excluding hydrogens is 499 g/mol. The molecule has 0 aromatic heterocycles. The van der Waals surface area contributed by atoms with E-state index in [9.17, 15) is 4.39 Å².